The van der Waals surface area contributed by atoms with Crippen LogP contribution in [0.3, 0.4) is 0 Å². The summed E-state index contributed by atoms with van der Waals surface area (Å²) in [5, 5.41) is 3.39. The molecule has 6 heteroatoms. The number of ketones is 1. The number of carbonyl (C=O) groups is 2. The van der Waals surface area contributed by atoms with Crippen molar-refractivity contribution in [3.8, 4) is 11.1 Å². The van der Waals surface area contributed by atoms with Gasteiger partial charge in [0.15, 0.2) is 5.78 Å². The van der Waals surface area contributed by atoms with Crippen LogP contribution in [0.15, 0.2) is 85.1 Å². The molecule has 0 spiro atoms. The lowest BCUT2D eigenvalue weighted by atomic mass is 9.82. The van der Waals surface area contributed by atoms with Crippen molar-refractivity contribution in [2.75, 3.05) is 5.32 Å². The molecule has 162 valence electrons. The molecule has 1 aliphatic carbocycles. The van der Waals surface area contributed by atoms with Gasteiger partial charge in [-0.2, -0.15) is 0 Å². The first kappa shape index (κ1) is 21.0. The van der Waals surface area contributed by atoms with Gasteiger partial charge in [0, 0.05) is 23.2 Å². The summed E-state index contributed by atoms with van der Waals surface area (Å²) in [5.74, 6) is -0.128. The molecule has 1 N–H and O–H groups in total. The summed E-state index contributed by atoms with van der Waals surface area (Å²) in [6, 6.07) is 24.9. The van der Waals surface area contributed by atoms with Crippen LogP contribution in [0, 0.1) is 0 Å². The number of amides is 1. The van der Waals surface area contributed by atoms with E-state index in [1.54, 1.807) is 12.1 Å². The molecule has 5 nitrogen and oxygen atoms in total. The second-order valence-corrected chi connectivity index (χ2v) is 8.47. The highest BCUT2D eigenvalue weighted by molar-refractivity contribution is 6.30. The third kappa shape index (κ3) is 4.54. The van der Waals surface area contributed by atoms with E-state index in [-0.39, 0.29) is 23.6 Å². The summed E-state index contributed by atoms with van der Waals surface area (Å²) < 4.78 is 0. The molecule has 0 radical (unpaired) electrons. The Morgan fingerprint density at radius 3 is 2.42 bits per heavy atom. The molecule has 1 aromatic heterocycles. The first-order chi connectivity index (χ1) is 16.1. The van der Waals surface area contributed by atoms with Crippen LogP contribution in [-0.2, 0) is 6.42 Å². The van der Waals surface area contributed by atoms with E-state index in [0.29, 0.717) is 34.7 Å². The summed E-state index contributed by atoms with van der Waals surface area (Å²) in [5.41, 5.74) is 4.77. The van der Waals surface area contributed by atoms with Crippen molar-refractivity contribution in [1.82, 2.24) is 9.97 Å². The average molecular weight is 454 g/mol. The number of benzene rings is 3. The number of rotatable bonds is 4. The third-order valence-corrected chi connectivity index (χ3v) is 6.07. The van der Waals surface area contributed by atoms with Gasteiger partial charge < -0.3 is 0 Å². The molecule has 0 saturated heterocycles. The minimum absolute atomic E-state index is 0.00407. The van der Waals surface area contributed by atoms with Gasteiger partial charge in [-0.15, -0.1) is 0 Å². The lowest BCUT2D eigenvalue weighted by Crippen LogP contribution is -2.22. The average Bonchev–Trinajstić information content (AvgIpc) is 2.84. The lowest BCUT2D eigenvalue weighted by Gasteiger charge is -2.23. The van der Waals surface area contributed by atoms with E-state index in [1.807, 2.05) is 66.7 Å². The first-order valence-corrected chi connectivity index (χ1v) is 11.1. The van der Waals surface area contributed by atoms with Crippen LogP contribution in [0.5, 0.6) is 0 Å². The smallest absolute Gasteiger partial charge is 0.258 e. The maximum absolute atomic E-state index is 12.7. The molecule has 0 bridgehead atoms. The van der Waals surface area contributed by atoms with Crippen molar-refractivity contribution < 1.29 is 9.59 Å². The highest BCUT2D eigenvalue weighted by Gasteiger charge is 2.28. The van der Waals surface area contributed by atoms with Crippen molar-refractivity contribution in [2.24, 2.45) is 0 Å². The maximum atomic E-state index is 12.7. The van der Waals surface area contributed by atoms with Crippen molar-refractivity contribution in [2.45, 2.75) is 18.8 Å². The molecule has 33 heavy (non-hydrogen) atoms. The van der Waals surface area contributed by atoms with Gasteiger partial charge in [-0.05, 0) is 53.3 Å². The Kier molecular flexibility index (Phi) is 5.71. The van der Waals surface area contributed by atoms with Crippen molar-refractivity contribution >= 4 is 29.2 Å². The predicted molar refractivity (Wildman–Crippen MR) is 129 cm³/mol. The highest BCUT2D eigenvalue weighted by atomic mass is 35.5. The zero-order chi connectivity index (χ0) is 22.8. The van der Waals surface area contributed by atoms with Gasteiger partial charge in [0.05, 0.1) is 11.3 Å². The number of hydrogen-bond acceptors (Lipinski definition) is 4. The van der Waals surface area contributed by atoms with Crippen molar-refractivity contribution in [3.05, 3.63) is 112 Å². The Morgan fingerprint density at radius 2 is 1.67 bits per heavy atom. The molecule has 4 aromatic rings. The largest absolute Gasteiger partial charge is 0.294 e. The minimum Gasteiger partial charge on any atom is -0.294 e. The summed E-state index contributed by atoms with van der Waals surface area (Å²) in [6.45, 7) is 0. The number of hydrogen-bond donors (Lipinski definition) is 1. The highest BCUT2D eigenvalue weighted by Crippen LogP contribution is 2.33. The number of nitrogens with one attached hydrogen (secondary N) is 1. The summed E-state index contributed by atoms with van der Waals surface area (Å²) >= 11 is 6.13. The van der Waals surface area contributed by atoms with Crippen molar-refractivity contribution in [1.29, 1.82) is 0 Å². The van der Waals surface area contributed by atoms with Crippen LogP contribution in [0.25, 0.3) is 11.1 Å². The van der Waals surface area contributed by atoms with Crippen LogP contribution in [0.2, 0.25) is 5.02 Å². The molecule has 0 fully saturated rings. The van der Waals surface area contributed by atoms with E-state index in [4.69, 9.17) is 11.6 Å². The standard InChI is InChI=1S/C27H20ClN3O2/c28-22-8-4-7-20(13-22)21-14-24-23(25(32)15-21)16-29-27(30-24)31-26(33)19-11-9-18(10-12-19)17-5-2-1-3-6-17/h1-13,16,21H,14-15H2,(H,29,30,31,33)/t21-/m1/s1. The van der Waals surface area contributed by atoms with Gasteiger partial charge in [-0.1, -0.05) is 66.2 Å². The van der Waals surface area contributed by atoms with E-state index < -0.39 is 0 Å². The fourth-order valence-corrected chi connectivity index (χ4v) is 4.32. The van der Waals surface area contributed by atoms with Crippen LogP contribution < -0.4 is 5.32 Å². The molecule has 1 heterocycles. The van der Waals surface area contributed by atoms with E-state index in [2.05, 4.69) is 15.3 Å². The summed E-state index contributed by atoms with van der Waals surface area (Å²) in [6.07, 6.45) is 2.47. The van der Waals surface area contributed by atoms with Gasteiger partial charge in [-0.25, -0.2) is 9.97 Å². The number of aromatic nitrogens is 2. The lowest BCUT2D eigenvalue weighted by molar-refractivity contribution is 0.0962. The first-order valence-electron chi connectivity index (χ1n) is 10.7. The molecule has 0 aliphatic heterocycles. The number of Topliss-reactive ketones (excluding diaryl/α,β-unsaturated/α-hetero) is 1. The van der Waals surface area contributed by atoms with Gasteiger partial charge in [0.2, 0.25) is 5.95 Å². The predicted octanol–water partition coefficient (Wildman–Crippen LogP) is 5.96. The van der Waals surface area contributed by atoms with E-state index >= 15 is 0 Å². The minimum atomic E-state index is -0.303. The number of fused-ring (bicyclic) bond motifs is 1. The van der Waals surface area contributed by atoms with Crippen LogP contribution in [0.4, 0.5) is 5.95 Å². The van der Waals surface area contributed by atoms with Crippen LogP contribution in [-0.4, -0.2) is 21.7 Å². The van der Waals surface area contributed by atoms with Crippen molar-refractivity contribution in [3.63, 3.8) is 0 Å². The van der Waals surface area contributed by atoms with Gasteiger partial charge in [0.25, 0.3) is 5.91 Å². The Morgan fingerprint density at radius 1 is 0.909 bits per heavy atom. The number of carbonyl (C=O) groups excluding carboxylic acids is 2. The molecular weight excluding hydrogens is 434 g/mol. The molecule has 1 aliphatic rings. The van der Waals surface area contributed by atoms with E-state index in [1.165, 1.54) is 6.20 Å². The second kappa shape index (κ2) is 8.96. The molecule has 3 aromatic carbocycles. The fraction of sp³-hybridized carbons (Fsp3) is 0.111. The normalized spacial score (nSPS) is 15.1. The Labute approximate surface area is 196 Å². The zero-order valence-corrected chi connectivity index (χ0v) is 18.4. The Bertz CT molecular complexity index is 1340. The molecule has 5 rings (SSSR count). The van der Waals surface area contributed by atoms with Crippen LogP contribution >= 0.6 is 11.6 Å². The number of nitrogens with zero attached hydrogens (tertiary/aromatic N) is 2. The van der Waals surface area contributed by atoms with Crippen LogP contribution in [0.1, 0.15) is 44.3 Å². The molecule has 1 amide bonds. The Balaban J connectivity index is 1.33. The zero-order valence-electron chi connectivity index (χ0n) is 17.7. The maximum Gasteiger partial charge on any atom is 0.258 e. The quantitative estimate of drug-likeness (QED) is 0.413. The fourth-order valence-electron chi connectivity index (χ4n) is 4.12. The number of anilines is 1. The summed E-state index contributed by atoms with van der Waals surface area (Å²) in [4.78, 5) is 34.1. The molecule has 0 saturated carbocycles. The molecule has 0 unspecified atom stereocenters. The summed E-state index contributed by atoms with van der Waals surface area (Å²) in [7, 11) is 0. The van der Waals surface area contributed by atoms with E-state index in [9.17, 15) is 9.59 Å². The van der Waals surface area contributed by atoms with Gasteiger partial charge in [-0.3, -0.25) is 14.9 Å². The second-order valence-electron chi connectivity index (χ2n) is 8.03. The monoisotopic (exact) mass is 453 g/mol. The molecule has 1 atom stereocenters. The third-order valence-electron chi connectivity index (χ3n) is 5.84. The van der Waals surface area contributed by atoms with Gasteiger partial charge >= 0.3 is 0 Å². The number of halogens is 1. The van der Waals surface area contributed by atoms with E-state index in [0.717, 1.165) is 16.7 Å². The Hall–Kier alpha value is -3.83. The van der Waals surface area contributed by atoms with Gasteiger partial charge in [0.1, 0.15) is 0 Å². The topological polar surface area (TPSA) is 72.0 Å². The SMILES string of the molecule is O=C(Nc1ncc2c(n1)C[C@@H](c1cccc(Cl)c1)CC2=O)c1ccc(-c2ccccc2)cc1. The molecular formula is C27H20ClN3O2.